The minimum atomic E-state index is -0.336. The van der Waals surface area contributed by atoms with Crippen molar-refractivity contribution < 1.29 is 18.8 Å². The Balaban J connectivity index is 1.64. The minimum Gasteiger partial charge on any atom is -0.496 e. The van der Waals surface area contributed by atoms with Gasteiger partial charge in [-0.15, -0.1) is 0 Å². The summed E-state index contributed by atoms with van der Waals surface area (Å²) in [6.45, 7) is 2.49. The molecule has 2 aromatic carbocycles. The molecule has 0 saturated carbocycles. The number of aromatic nitrogens is 2. The average molecular weight is 353 g/mol. The van der Waals surface area contributed by atoms with Gasteiger partial charge in [0.15, 0.2) is 0 Å². The van der Waals surface area contributed by atoms with E-state index >= 15 is 0 Å². The molecule has 26 heavy (non-hydrogen) atoms. The van der Waals surface area contributed by atoms with Crippen molar-refractivity contribution >= 4 is 11.7 Å². The zero-order valence-corrected chi connectivity index (χ0v) is 14.6. The van der Waals surface area contributed by atoms with E-state index in [9.17, 15) is 4.79 Å². The number of carbonyl (C=O) groups is 1. The van der Waals surface area contributed by atoms with Crippen molar-refractivity contribution in [2.45, 2.75) is 13.5 Å². The van der Waals surface area contributed by atoms with E-state index in [0.717, 1.165) is 11.3 Å². The van der Waals surface area contributed by atoms with Crippen LogP contribution in [0.3, 0.4) is 0 Å². The van der Waals surface area contributed by atoms with Crippen LogP contribution in [0.15, 0.2) is 53.1 Å². The highest BCUT2D eigenvalue weighted by atomic mass is 16.5. The molecule has 0 bridgehead atoms. The Morgan fingerprint density at radius 2 is 1.92 bits per heavy atom. The lowest BCUT2D eigenvalue weighted by atomic mass is 10.2. The van der Waals surface area contributed by atoms with Crippen molar-refractivity contribution in [2.24, 2.45) is 0 Å². The second-order valence-electron chi connectivity index (χ2n) is 5.36. The van der Waals surface area contributed by atoms with Gasteiger partial charge in [-0.3, -0.25) is 0 Å². The lowest BCUT2D eigenvalue weighted by Crippen LogP contribution is -2.05. The number of rotatable bonds is 7. The molecule has 7 nitrogen and oxygen atoms in total. The van der Waals surface area contributed by atoms with Crippen LogP contribution >= 0.6 is 0 Å². The Kier molecular flexibility index (Phi) is 5.48. The lowest BCUT2D eigenvalue weighted by molar-refractivity contribution is 0.0526. The Morgan fingerprint density at radius 1 is 1.15 bits per heavy atom. The summed E-state index contributed by atoms with van der Waals surface area (Å²) in [5.41, 5.74) is 2.10. The number of benzene rings is 2. The number of anilines is 1. The summed E-state index contributed by atoms with van der Waals surface area (Å²) in [7, 11) is 1.60. The molecule has 0 spiro atoms. The molecule has 0 fully saturated rings. The van der Waals surface area contributed by atoms with E-state index in [1.165, 1.54) is 0 Å². The number of ether oxygens (including phenoxy) is 2. The molecule has 0 saturated heterocycles. The van der Waals surface area contributed by atoms with Crippen LogP contribution in [0, 0.1) is 0 Å². The van der Waals surface area contributed by atoms with E-state index in [2.05, 4.69) is 15.5 Å². The quantitative estimate of drug-likeness (QED) is 0.650. The predicted molar refractivity (Wildman–Crippen MR) is 96.0 cm³/mol. The highest BCUT2D eigenvalue weighted by Gasteiger charge is 2.12. The summed E-state index contributed by atoms with van der Waals surface area (Å²) in [5.74, 6) is 1.26. The first-order chi connectivity index (χ1) is 12.7. The molecule has 0 aliphatic heterocycles. The highest BCUT2D eigenvalue weighted by molar-refractivity contribution is 5.89. The molecule has 1 heterocycles. The monoisotopic (exact) mass is 353 g/mol. The molecule has 0 unspecified atom stereocenters. The first-order valence-corrected chi connectivity index (χ1v) is 8.18. The number of para-hydroxylation sites is 1. The predicted octanol–water partition coefficient (Wildman–Crippen LogP) is 3.53. The van der Waals surface area contributed by atoms with E-state index in [1.807, 2.05) is 24.3 Å². The maximum absolute atomic E-state index is 11.6. The molecular weight excluding hydrogens is 334 g/mol. The van der Waals surface area contributed by atoms with Crippen molar-refractivity contribution in [3.63, 3.8) is 0 Å². The van der Waals surface area contributed by atoms with Gasteiger partial charge in [0.25, 0.3) is 0 Å². The van der Waals surface area contributed by atoms with Crippen LogP contribution < -0.4 is 10.1 Å². The second-order valence-corrected chi connectivity index (χ2v) is 5.36. The molecule has 0 atom stereocenters. The Bertz CT molecular complexity index is 875. The van der Waals surface area contributed by atoms with Gasteiger partial charge in [-0.1, -0.05) is 17.3 Å². The molecule has 7 heteroatoms. The molecule has 3 rings (SSSR count). The van der Waals surface area contributed by atoms with Crippen LogP contribution in [0.25, 0.3) is 11.4 Å². The van der Waals surface area contributed by atoms with E-state index < -0.39 is 0 Å². The van der Waals surface area contributed by atoms with Crippen LogP contribution in [0.4, 0.5) is 5.69 Å². The Morgan fingerprint density at radius 3 is 2.65 bits per heavy atom. The van der Waals surface area contributed by atoms with Gasteiger partial charge in [-0.25, -0.2) is 4.79 Å². The zero-order chi connectivity index (χ0) is 18.4. The Hall–Kier alpha value is -3.35. The summed E-state index contributed by atoms with van der Waals surface area (Å²) in [5, 5.41) is 7.17. The summed E-state index contributed by atoms with van der Waals surface area (Å²) in [6.07, 6.45) is 0. The highest BCUT2D eigenvalue weighted by Crippen LogP contribution is 2.27. The number of methoxy groups -OCH3 is 1. The van der Waals surface area contributed by atoms with Crippen molar-refractivity contribution in [3.8, 4) is 17.1 Å². The third-order valence-electron chi connectivity index (χ3n) is 3.66. The first-order valence-electron chi connectivity index (χ1n) is 8.18. The third-order valence-corrected chi connectivity index (χ3v) is 3.66. The molecule has 1 N–H and O–H groups in total. The fourth-order valence-electron chi connectivity index (χ4n) is 2.38. The minimum absolute atomic E-state index is 0.336. The fourth-order valence-corrected chi connectivity index (χ4v) is 2.38. The first kappa shape index (κ1) is 17.5. The van der Waals surface area contributed by atoms with Crippen LogP contribution in [0.2, 0.25) is 0 Å². The van der Waals surface area contributed by atoms with E-state index in [0.29, 0.717) is 36.2 Å². The smallest absolute Gasteiger partial charge is 0.338 e. The van der Waals surface area contributed by atoms with Gasteiger partial charge >= 0.3 is 5.97 Å². The summed E-state index contributed by atoms with van der Waals surface area (Å²) in [4.78, 5) is 16.0. The fraction of sp³-hybridized carbons (Fsp3) is 0.211. The van der Waals surface area contributed by atoms with Gasteiger partial charge < -0.3 is 19.3 Å². The molecule has 0 amide bonds. The summed E-state index contributed by atoms with van der Waals surface area (Å²) in [6, 6.07) is 14.5. The van der Waals surface area contributed by atoms with Crippen molar-refractivity contribution in [1.82, 2.24) is 10.1 Å². The maximum atomic E-state index is 11.6. The standard InChI is InChI=1S/C19H19N3O4/c1-3-25-19(23)13-8-10-14(11-9-13)20-12-17-21-18(22-26-17)15-6-4-5-7-16(15)24-2/h4-11,20H,3,12H2,1-2H3. The zero-order valence-electron chi connectivity index (χ0n) is 14.6. The second kappa shape index (κ2) is 8.15. The van der Waals surface area contributed by atoms with Crippen molar-refractivity contribution in [2.75, 3.05) is 19.0 Å². The normalized spacial score (nSPS) is 10.4. The number of nitrogens with zero attached hydrogens (tertiary/aromatic N) is 2. The number of hydrogen-bond acceptors (Lipinski definition) is 7. The van der Waals surface area contributed by atoms with Gasteiger partial charge in [0.1, 0.15) is 5.75 Å². The summed E-state index contributed by atoms with van der Waals surface area (Å²) >= 11 is 0. The number of nitrogens with one attached hydrogen (secondary N) is 1. The largest absolute Gasteiger partial charge is 0.496 e. The maximum Gasteiger partial charge on any atom is 0.338 e. The van der Waals surface area contributed by atoms with Crippen molar-refractivity contribution in [1.29, 1.82) is 0 Å². The molecule has 3 aromatic rings. The molecular formula is C19H19N3O4. The van der Waals surface area contributed by atoms with E-state index in [4.69, 9.17) is 14.0 Å². The molecule has 134 valence electrons. The third kappa shape index (κ3) is 4.00. The van der Waals surface area contributed by atoms with Crippen LogP contribution in [-0.4, -0.2) is 29.8 Å². The average Bonchev–Trinajstić information content (AvgIpc) is 3.16. The molecule has 1 aromatic heterocycles. The van der Waals surface area contributed by atoms with Crippen LogP contribution in [-0.2, 0) is 11.3 Å². The molecule has 0 aliphatic carbocycles. The van der Waals surface area contributed by atoms with E-state index in [-0.39, 0.29) is 5.97 Å². The van der Waals surface area contributed by atoms with Crippen molar-refractivity contribution in [3.05, 3.63) is 60.0 Å². The van der Waals surface area contributed by atoms with E-state index in [1.54, 1.807) is 38.3 Å². The van der Waals surface area contributed by atoms with Gasteiger partial charge in [0.2, 0.25) is 11.7 Å². The van der Waals surface area contributed by atoms with Crippen LogP contribution in [0.5, 0.6) is 5.75 Å². The van der Waals surface area contributed by atoms with Gasteiger partial charge in [-0.2, -0.15) is 4.98 Å². The number of carbonyl (C=O) groups excluding carboxylic acids is 1. The van der Waals surface area contributed by atoms with Gasteiger partial charge in [0.05, 0.1) is 31.4 Å². The summed E-state index contributed by atoms with van der Waals surface area (Å²) < 4.78 is 15.5. The lowest BCUT2D eigenvalue weighted by Gasteiger charge is -2.05. The van der Waals surface area contributed by atoms with Gasteiger partial charge in [0, 0.05) is 5.69 Å². The number of hydrogen-bond donors (Lipinski definition) is 1. The van der Waals surface area contributed by atoms with Gasteiger partial charge in [-0.05, 0) is 43.3 Å². The topological polar surface area (TPSA) is 86.5 Å². The number of esters is 1. The molecule has 0 radical (unpaired) electrons. The molecule has 0 aliphatic rings. The van der Waals surface area contributed by atoms with Crippen LogP contribution in [0.1, 0.15) is 23.2 Å². The SMILES string of the molecule is CCOC(=O)c1ccc(NCc2nc(-c3ccccc3OC)no2)cc1. The Labute approximate surface area is 150 Å².